The zero-order valence-corrected chi connectivity index (χ0v) is 10.9. The van der Waals surface area contributed by atoms with Crippen LogP contribution in [0.2, 0.25) is 5.02 Å². The number of hydrogen-bond donors (Lipinski definition) is 0. The number of aldehydes is 1. The maximum atomic E-state index is 10.5. The van der Waals surface area contributed by atoms with Crippen molar-refractivity contribution < 1.29 is 4.79 Å². The van der Waals surface area contributed by atoms with Crippen molar-refractivity contribution in [2.45, 2.75) is 39.0 Å². The van der Waals surface area contributed by atoms with Crippen LogP contribution in [0.5, 0.6) is 0 Å². The van der Waals surface area contributed by atoms with E-state index in [4.69, 9.17) is 11.6 Å². The Bertz CT molecular complexity index is 342. The third-order valence-corrected chi connectivity index (χ3v) is 3.81. The van der Waals surface area contributed by atoms with Crippen molar-refractivity contribution >= 4 is 17.9 Å². The zero-order chi connectivity index (χ0) is 12.2. The molecular weight excluding hydrogens is 220 g/mol. The second kappa shape index (κ2) is 5.49. The van der Waals surface area contributed by atoms with Gasteiger partial charge in [0.2, 0.25) is 0 Å². The van der Waals surface area contributed by atoms with Gasteiger partial charge in [-0.15, -0.1) is 0 Å². The molecule has 0 spiro atoms. The molecular formula is C14H19ClO. The van der Waals surface area contributed by atoms with Crippen LogP contribution in [0.4, 0.5) is 0 Å². The molecule has 0 saturated carbocycles. The van der Waals surface area contributed by atoms with Crippen LogP contribution >= 0.6 is 11.6 Å². The number of hydrogen-bond acceptors (Lipinski definition) is 1. The van der Waals surface area contributed by atoms with E-state index >= 15 is 0 Å². The second-order valence-corrected chi connectivity index (χ2v) is 5.22. The number of halogens is 1. The summed E-state index contributed by atoms with van der Waals surface area (Å²) in [5.74, 6) is 0.494. The van der Waals surface area contributed by atoms with Crippen molar-refractivity contribution in [1.29, 1.82) is 0 Å². The fourth-order valence-electron chi connectivity index (χ4n) is 1.96. The molecule has 1 rings (SSSR count). The minimum absolute atomic E-state index is 0.0471. The highest BCUT2D eigenvalue weighted by molar-refractivity contribution is 6.30. The molecule has 1 aromatic rings. The predicted octanol–water partition coefficient (Wildman–Crippen LogP) is 4.23. The summed E-state index contributed by atoms with van der Waals surface area (Å²) in [6.45, 7) is 6.60. The fraction of sp³-hybridized carbons (Fsp3) is 0.500. The fourth-order valence-corrected chi connectivity index (χ4v) is 2.08. The number of carbonyl (C=O) groups is 1. The average Bonchev–Trinajstić information content (AvgIpc) is 2.26. The molecule has 1 unspecified atom stereocenters. The normalized spacial score (nSPS) is 14.8. The third-order valence-electron chi connectivity index (χ3n) is 3.56. The highest BCUT2D eigenvalue weighted by Crippen LogP contribution is 2.36. The Labute approximate surface area is 103 Å². The molecule has 0 heterocycles. The molecule has 0 amide bonds. The Balaban J connectivity index is 3.00. The number of benzene rings is 1. The van der Waals surface area contributed by atoms with Crippen LogP contribution in [-0.2, 0) is 10.2 Å². The minimum Gasteiger partial charge on any atom is -0.303 e. The highest BCUT2D eigenvalue weighted by atomic mass is 35.5. The quantitative estimate of drug-likeness (QED) is 0.702. The van der Waals surface area contributed by atoms with Gasteiger partial charge in [0.1, 0.15) is 6.29 Å². The Morgan fingerprint density at radius 2 is 1.88 bits per heavy atom. The van der Waals surface area contributed by atoms with Crippen molar-refractivity contribution in [2.24, 2.45) is 5.92 Å². The smallest absolute Gasteiger partial charge is 0.120 e. The van der Waals surface area contributed by atoms with E-state index in [9.17, 15) is 4.79 Å². The molecule has 1 nitrogen and oxygen atoms in total. The van der Waals surface area contributed by atoms with Gasteiger partial charge in [-0.25, -0.2) is 0 Å². The van der Waals surface area contributed by atoms with E-state index in [0.717, 1.165) is 17.7 Å². The molecule has 0 bridgehead atoms. The maximum absolute atomic E-state index is 10.5. The lowest BCUT2D eigenvalue weighted by molar-refractivity contribution is -0.108. The molecule has 0 aliphatic heterocycles. The molecule has 0 aliphatic carbocycles. The molecule has 1 atom stereocenters. The summed E-state index contributed by atoms with van der Waals surface area (Å²) < 4.78 is 0. The van der Waals surface area contributed by atoms with E-state index in [1.807, 2.05) is 12.1 Å². The molecule has 1 aromatic carbocycles. The molecule has 0 aliphatic rings. The first-order valence-electron chi connectivity index (χ1n) is 5.70. The molecule has 0 fully saturated rings. The first-order chi connectivity index (χ1) is 7.50. The van der Waals surface area contributed by atoms with E-state index in [1.54, 1.807) is 0 Å². The number of rotatable bonds is 5. The van der Waals surface area contributed by atoms with Crippen LogP contribution in [0.3, 0.4) is 0 Å². The van der Waals surface area contributed by atoms with E-state index in [2.05, 4.69) is 32.9 Å². The lowest BCUT2D eigenvalue weighted by Gasteiger charge is -2.34. The van der Waals surface area contributed by atoms with Crippen LogP contribution < -0.4 is 0 Å². The lowest BCUT2D eigenvalue weighted by Crippen LogP contribution is -2.28. The Kier molecular flexibility index (Phi) is 4.55. The van der Waals surface area contributed by atoms with Crippen molar-refractivity contribution in [3.05, 3.63) is 34.9 Å². The Morgan fingerprint density at radius 3 is 2.31 bits per heavy atom. The summed E-state index contributed by atoms with van der Waals surface area (Å²) >= 11 is 5.89. The molecule has 0 saturated heterocycles. The molecule has 0 aromatic heterocycles. The van der Waals surface area contributed by atoms with Gasteiger partial charge in [0.05, 0.1) is 0 Å². The van der Waals surface area contributed by atoms with Crippen molar-refractivity contribution in [2.75, 3.05) is 0 Å². The summed E-state index contributed by atoms with van der Waals surface area (Å²) in [6.07, 6.45) is 2.49. The summed E-state index contributed by atoms with van der Waals surface area (Å²) in [5, 5.41) is 0.755. The van der Waals surface area contributed by atoms with Gasteiger partial charge in [-0.3, -0.25) is 0 Å². The first kappa shape index (κ1) is 13.2. The van der Waals surface area contributed by atoms with Crippen LogP contribution in [0, 0.1) is 5.92 Å². The third kappa shape index (κ3) is 2.85. The highest BCUT2D eigenvalue weighted by Gasteiger charge is 2.29. The minimum atomic E-state index is 0.0471. The molecule has 0 N–H and O–H groups in total. The van der Waals surface area contributed by atoms with E-state index in [1.165, 1.54) is 5.56 Å². The first-order valence-corrected chi connectivity index (χ1v) is 6.08. The summed E-state index contributed by atoms with van der Waals surface area (Å²) in [6, 6.07) is 7.96. The molecule has 88 valence electrons. The molecule has 16 heavy (non-hydrogen) atoms. The van der Waals surface area contributed by atoms with E-state index in [0.29, 0.717) is 12.3 Å². The van der Waals surface area contributed by atoms with Gasteiger partial charge in [0, 0.05) is 11.4 Å². The Hall–Kier alpha value is -0.820. The van der Waals surface area contributed by atoms with Gasteiger partial charge < -0.3 is 4.79 Å². The van der Waals surface area contributed by atoms with Gasteiger partial charge in [0.15, 0.2) is 0 Å². The summed E-state index contributed by atoms with van der Waals surface area (Å²) in [4.78, 5) is 10.5. The van der Waals surface area contributed by atoms with Crippen LogP contribution in [0.15, 0.2) is 24.3 Å². The van der Waals surface area contributed by atoms with Crippen molar-refractivity contribution in [3.8, 4) is 0 Å². The SMILES string of the molecule is CC(C)C(C)(CCC=O)c1ccc(Cl)cc1. The van der Waals surface area contributed by atoms with Gasteiger partial charge in [-0.05, 0) is 35.4 Å². The maximum Gasteiger partial charge on any atom is 0.120 e. The topological polar surface area (TPSA) is 17.1 Å². The summed E-state index contributed by atoms with van der Waals surface area (Å²) in [5.41, 5.74) is 1.31. The zero-order valence-electron chi connectivity index (χ0n) is 10.2. The Morgan fingerprint density at radius 1 is 1.31 bits per heavy atom. The van der Waals surface area contributed by atoms with Gasteiger partial charge in [-0.2, -0.15) is 0 Å². The van der Waals surface area contributed by atoms with Gasteiger partial charge in [0.25, 0.3) is 0 Å². The van der Waals surface area contributed by atoms with Crippen molar-refractivity contribution in [3.63, 3.8) is 0 Å². The standard InChI is InChI=1S/C14H19ClO/c1-11(2)14(3,9-4-10-16)12-5-7-13(15)8-6-12/h5-8,10-11H,4,9H2,1-3H3. The summed E-state index contributed by atoms with van der Waals surface area (Å²) in [7, 11) is 0. The monoisotopic (exact) mass is 238 g/mol. The molecule has 2 heteroatoms. The van der Waals surface area contributed by atoms with E-state index in [-0.39, 0.29) is 5.41 Å². The van der Waals surface area contributed by atoms with Gasteiger partial charge in [-0.1, -0.05) is 44.5 Å². The largest absolute Gasteiger partial charge is 0.303 e. The number of carbonyl (C=O) groups excluding carboxylic acids is 1. The van der Waals surface area contributed by atoms with Gasteiger partial charge >= 0.3 is 0 Å². The second-order valence-electron chi connectivity index (χ2n) is 4.78. The van der Waals surface area contributed by atoms with Crippen LogP contribution in [0.1, 0.15) is 39.2 Å². The van der Waals surface area contributed by atoms with Crippen molar-refractivity contribution in [1.82, 2.24) is 0 Å². The predicted molar refractivity (Wildman–Crippen MR) is 68.9 cm³/mol. The van der Waals surface area contributed by atoms with Crippen LogP contribution in [0.25, 0.3) is 0 Å². The molecule has 0 radical (unpaired) electrons. The average molecular weight is 239 g/mol. The van der Waals surface area contributed by atoms with Crippen LogP contribution in [-0.4, -0.2) is 6.29 Å². The lowest BCUT2D eigenvalue weighted by atomic mass is 9.70. The van der Waals surface area contributed by atoms with E-state index < -0.39 is 0 Å².